The number of carbonyl (C=O) groups is 1. The van der Waals surface area contributed by atoms with Crippen LogP contribution in [-0.4, -0.2) is 48.5 Å². The molecule has 0 aliphatic carbocycles. The zero-order chi connectivity index (χ0) is 22.8. The molecule has 1 heterocycles. The number of rotatable bonds is 5. The zero-order valence-electron chi connectivity index (χ0n) is 15.9. The summed E-state index contributed by atoms with van der Waals surface area (Å²) in [4.78, 5) is 25.8. The molecule has 1 fully saturated rings. The van der Waals surface area contributed by atoms with E-state index < -0.39 is 28.2 Å². The van der Waals surface area contributed by atoms with Gasteiger partial charge in [-0.3, -0.25) is 14.9 Å². The molecule has 31 heavy (non-hydrogen) atoms. The molecular formula is C19H16ClF4N3O4. The Morgan fingerprint density at radius 1 is 1.13 bits per heavy atom. The van der Waals surface area contributed by atoms with Gasteiger partial charge in [0.15, 0.2) is 6.61 Å². The molecule has 1 aliphatic rings. The molecule has 12 heteroatoms. The highest BCUT2D eigenvalue weighted by molar-refractivity contribution is 6.30. The second-order valence-electron chi connectivity index (χ2n) is 6.69. The molecular weight excluding hydrogens is 446 g/mol. The number of amides is 1. The first-order valence-corrected chi connectivity index (χ1v) is 9.40. The van der Waals surface area contributed by atoms with Gasteiger partial charge < -0.3 is 14.5 Å². The summed E-state index contributed by atoms with van der Waals surface area (Å²) in [6.45, 7) is 0.470. The van der Waals surface area contributed by atoms with Crippen LogP contribution in [0.2, 0.25) is 5.02 Å². The molecule has 0 unspecified atom stereocenters. The Kier molecular flexibility index (Phi) is 6.54. The summed E-state index contributed by atoms with van der Waals surface area (Å²) in [5.74, 6) is -0.755. The highest BCUT2D eigenvalue weighted by atomic mass is 35.5. The van der Waals surface area contributed by atoms with Gasteiger partial charge in [-0.1, -0.05) is 11.6 Å². The molecule has 1 saturated heterocycles. The van der Waals surface area contributed by atoms with E-state index in [4.69, 9.17) is 16.3 Å². The summed E-state index contributed by atoms with van der Waals surface area (Å²) in [5.41, 5.74) is -1.69. The molecule has 2 aromatic rings. The van der Waals surface area contributed by atoms with E-state index in [0.717, 1.165) is 18.2 Å². The van der Waals surface area contributed by atoms with Crippen LogP contribution < -0.4 is 9.64 Å². The predicted molar refractivity (Wildman–Crippen MR) is 104 cm³/mol. The molecule has 7 nitrogen and oxygen atoms in total. The van der Waals surface area contributed by atoms with Crippen molar-refractivity contribution in [3.8, 4) is 5.75 Å². The number of halogens is 5. The van der Waals surface area contributed by atoms with Crippen molar-refractivity contribution in [3.05, 3.63) is 62.9 Å². The van der Waals surface area contributed by atoms with Crippen molar-refractivity contribution in [2.24, 2.45) is 0 Å². The van der Waals surface area contributed by atoms with E-state index in [1.807, 2.05) is 0 Å². The molecule has 0 saturated carbocycles. The van der Waals surface area contributed by atoms with Gasteiger partial charge in [-0.15, -0.1) is 0 Å². The second-order valence-corrected chi connectivity index (χ2v) is 7.10. The molecule has 0 bridgehead atoms. The lowest BCUT2D eigenvalue weighted by molar-refractivity contribution is -0.384. The summed E-state index contributed by atoms with van der Waals surface area (Å²) >= 11 is 5.66. The van der Waals surface area contributed by atoms with E-state index in [2.05, 4.69) is 0 Å². The smallest absolute Gasteiger partial charge is 0.416 e. The van der Waals surface area contributed by atoms with E-state index in [1.165, 1.54) is 17.0 Å². The summed E-state index contributed by atoms with van der Waals surface area (Å²) in [6, 6.07) is 6.05. The monoisotopic (exact) mass is 461 g/mol. The van der Waals surface area contributed by atoms with Gasteiger partial charge in [0.25, 0.3) is 11.6 Å². The van der Waals surface area contributed by atoms with Gasteiger partial charge in [-0.05, 0) is 24.3 Å². The van der Waals surface area contributed by atoms with Gasteiger partial charge in [-0.25, -0.2) is 4.39 Å². The van der Waals surface area contributed by atoms with Crippen molar-refractivity contribution >= 4 is 28.9 Å². The highest BCUT2D eigenvalue weighted by Crippen LogP contribution is 2.36. The number of hydrogen-bond acceptors (Lipinski definition) is 5. The Bertz CT molecular complexity index is 995. The Balaban J connectivity index is 1.61. The third-order valence-electron chi connectivity index (χ3n) is 4.73. The number of hydrogen-bond donors (Lipinski definition) is 0. The first kappa shape index (κ1) is 22.6. The van der Waals surface area contributed by atoms with Crippen molar-refractivity contribution in [1.82, 2.24) is 4.90 Å². The number of carbonyl (C=O) groups excluding carboxylic acids is 1. The van der Waals surface area contributed by atoms with Gasteiger partial charge >= 0.3 is 6.18 Å². The molecule has 2 aromatic carbocycles. The highest BCUT2D eigenvalue weighted by Gasteiger charge is 2.34. The maximum absolute atomic E-state index is 13.2. The van der Waals surface area contributed by atoms with Crippen LogP contribution in [0, 0.1) is 15.9 Å². The fourth-order valence-electron chi connectivity index (χ4n) is 3.11. The van der Waals surface area contributed by atoms with Crippen LogP contribution in [0.25, 0.3) is 0 Å². The lowest BCUT2D eigenvalue weighted by Gasteiger charge is -2.35. The number of nitro benzene ring substituents is 1. The Morgan fingerprint density at radius 3 is 2.39 bits per heavy atom. The first-order valence-electron chi connectivity index (χ1n) is 9.02. The lowest BCUT2D eigenvalue weighted by Crippen LogP contribution is -2.50. The molecule has 166 valence electrons. The molecule has 1 amide bonds. The Morgan fingerprint density at radius 2 is 1.81 bits per heavy atom. The van der Waals surface area contributed by atoms with Crippen LogP contribution in [0.15, 0.2) is 36.4 Å². The van der Waals surface area contributed by atoms with E-state index in [0.29, 0.717) is 6.07 Å². The molecule has 0 radical (unpaired) electrons. The number of anilines is 1. The molecule has 0 N–H and O–H groups in total. The molecule has 0 aromatic heterocycles. The molecule has 0 atom stereocenters. The van der Waals surface area contributed by atoms with E-state index in [1.54, 1.807) is 4.90 Å². The third kappa shape index (κ3) is 5.35. The summed E-state index contributed by atoms with van der Waals surface area (Å²) in [5, 5.41) is 11.1. The standard InChI is InChI=1S/C19H16ClF4N3O4/c20-14-10-13(2-3-15(14)21)31-11-18(28)26-7-5-25(6-8-26)16-4-1-12(19(22,23)24)9-17(16)27(29)30/h1-4,9-10H,5-8,11H2. The maximum Gasteiger partial charge on any atom is 0.416 e. The van der Waals surface area contributed by atoms with Crippen molar-refractivity contribution in [2.45, 2.75) is 6.18 Å². The number of nitro groups is 1. The lowest BCUT2D eigenvalue weighted by atomic mass is 10.1. The molecule has 0 spiro atoms. The van der Waals surface area contributed by atoms with Crippen LogP contribution in [0.4, 0.5) is 28.9 Å². The van der Waals surface area contributed by atoms with Gasteiger partial charge in [0.05, 0.1) is 15.5 Å². The fourth-order valence-corrected chi connectivity index (χ4v) is 3.28. The quantitative estimate of drug-likeness (QED) is 0.380. The summed E-state index contributed by atoms with van der Waals surface area (Å²) in [7, 11) is 0. The largest absolute Gasteiger partial charge is 0.484 e. The van der Waals surface area contributed by atoms with Crippen LogP contribution >= 0.6 is 11.6 Å². The summed E-state index contributed by atoms with van der Waals surface area (Å²) in [6.07, 6.45) is -4.69. The van der Waals surface area contributed by atoms with Crippen molar-refractivity contribution in [3.63, 3.8) is 0 Å². The third-order valence-corrected chi connectivity index (χ3v) is 5.02. The Hall–Kier alpha value is -3.08. The van der Waals surface area contributed by atoms with Gasteiger partial charge in [0.2, 0.25) is 0 Å². The minimum Gasteiger partial charge on any atom is -0.484 e. The van der Waals surface area contributed by atoms with E-state index in [9.17, 15) is 32.5 Å². The topological polar surface area (TPSA) is 75.9 Å². The van der Waals surface area contributed by atoms with Crippen LogP contribution in [-0.2, 0) is 11.0 Å². The second kappa shape index (κ2) is 8.96. The van der Waals surface area contributed by atoms with Crippen molar-refractivity contribution < 1.29 is 32.0 Å². The Labute approximate surface area is 178 Å². The van der Waals surface area contributed by atoms with Crippen LogP contribution in [0.3, 0.4) is 0 Å². The van der Waals surface area contributed by atoms with Crippen LogP contribution in [0.5, 0.6) is 5.75 Å². The number of alkyl halides is 3. The van der Waals surface area contributed by atoms with Crippen molar-refractivity contribution in [2.75, 3.05) is 37.7 Å². The normalized spacial score (nSPS) is 14.5. The fraction of sp³-hybridized carbons (Fsp3) is 0.316. The molecule has 3 rings (SSSR count). The maximum atomic E-state index is 13.2. The average Bonchev–Trinajstić information content (AvgIpc) is 2.73. The summed E-state index contributed by atoms with van der Waals surface area (Å²) < 4.78 is 57.1. The first-order chi connectivity index (χ1) is 14.6. The molecule has 1 aliphatic heterocycles. The van der Waals surface area contributed by atoms with Crippen molar-refractivity contribution in [1.29, 1.82) is 0 Å². The van der Waals surface area contributed by atoms with Crippen LogP contribution in [0.1, 0.15) is 5.56 Å². The predicted octanol–water partition coefficient (Wildman–Crippen LogP) is 4.13. The number of ether oxygens (including phenoxy) is 1. The number of piperazine rings is 1. The van der Waals surface area contributed by atoms with Gasteiger partial charge in [-0.2, -0.15) is 13.2 Å². The SMILES string of the molecule is O=C(COc1ccc(F)c(Cl)c1)N1CCN(c2ccc(C(F)(F)F)cc2[N+](=O)[O-])CC1. The van der Waals surface area contributed by atoms with E-state index in [-0.39, 0.29) is 55.2 Å². The number of benzene rings is 2. The minimum atomic E-state index is -4.69. The van der Waals surface area contributed by atoms with Gasteiger partial charge in [0.1, 0.15) is 17.3 Å². The number of nitrogens with zero attached hydrogens (tertiary/aromatic N) is 3. The average molecular weight is 462 g/mol. The van der Waals surface area contributed by atoms with Gasteiger partial charge in [0, 0.05) is 38.3 Å². The minimum absolute atomic E-state index is 0.0577. The van der Waals surface area contributed by atoms with E-state index >= 15 is 0 Å². The zero-order valence-corrected chi connectivity index (χ0v) is 16.6.